The van der Waals surface area contributed by atoms with Crippen LogP contribution in [0.4, 0.5) is 0 Å². The third-order valence-electron chi connectivity index (χ3n) is 4.79. The van der Waals surface area contributed by atoms with Gasteiger partial charge in [0.05, 0.1) is 45.2 Å². The zero-order valence-corrected chi connectivity index (χ0v) is 16.1. The van der Waals surface area contributed by atoms with Gasteiger partial charge in [0.1, 0.15) is 11.9 Å². The maximum atomic E-state index is 13.2. The highest BCUT2D eigenvalue weighted by molar-refractivity contribution is 5.97. The van der Waals surface area contributed by atoms with Crippen molar-refractivity contribution in [3.8, 4) is 17.2 Å². The molecule has 0 aliphatic carbocycles. The molecule has 2 aromatic rings. The first kappa shape index (κ1) is 19.9. The third kappa shape index (κ3) is 3.74. The second kappa shape index (κ2) is 8.45. The van der Waals surface area contributed by atoms with Crippen LogP contribution in [0.2, 0.25) is 0 Å². The number of methoxy groups -OCH3 is 2. The predicted molar refractivity (Wildman–Crippen MR) is 101 cm³/mol. The molecule has 0 bridgehead atoms. The van der Waals surface area contributed by atoms with Gasteiger partial charge in [-0.15, -0.1) is 0 Å². The van der Waals surface area contributed by atoms with Gasteiger partial charge in [0.2, 0.25) is 0 Å². The van der Waals surface area contributed by atoms with E-state index in [1.54, 1.807) is 43.2 Å². The van der Waals surface area contributed by atoms with Crippen LogP contribution >= 0.6 is 0 Å². The number of aliphatic hydroxyl groups excluding tert-OH is 1. The van der Waals surface area contributed by atoms with Gasteiger partial charge in [0.15, 0.2) is 11.5 Å². The van der Waals surface area contributed by atoms with Crippen LogP contribution in [0.3, 0.4) is 0 Å². The Morgan fingerprint density at radius 2 is 2.04 bits per heavy atom. The quantitative estimate of drug-likeness (QED) is 0.804. The second-order valence-corrected chi connectivity index (χ2v) is 6.49. The minimum Gasteiger partial charge on any atom is -0.505 e. The molecule has 28 heavy (non-hydrogen) atoms. The zero-order chi connectivity index (χ0) is 20.3. The van der Waals surface area contributed by atoms with Crippen molar-refractivity contribution in [2.75, 3.05) is 34.0 Å². The summed E-state index contributed by atoms with van der Waals surface area (Å²) >= 11 is 0. The van der Waals surface area contributed by atoms with Gasteiger partial charge in [-0.05, 0) is 30.7 Å². The van der Waals surface area contributed by atoms with Crippen LogP contribution in [-0.4, -0.2) is 66.1 Å². The molecule has 0 saturated carbocycles. The van der Waals surface area contributed by atoms with Crippen molar-refractivity contribution < 1.29 is 29.2 Å². The Labute approximate surface area is 163 Å². The standard InChI is InChI=1S/C20H24N2O6/c1-12-8-14(15(24)10-21-12)20(25)22-6-7-28-18(11-23)19(22)13-4-5-16(26-2)17(9-13)27-3/h4-5,8-10,18-19,23-24H,6-7,11H2,1-3H3/t18-,19-/m1/s1. The topological polar surface area (TPSA) is 101 Å². The van der Waals surface area contributed by atoms with E-state index in [9.17, 15) is 15.0 Å². The lowest BCUT2D eigenvalue weighted by molar-refractivity contribution is -0.0812. The number of rotatable bonds is 5. The Morgan fingerprint density at radius 1 is 1.29 bits per heavy atom. The maximum Gasteiger partial charge on any atom is 0.258 e. The van der Waals surface area contributed by atoms with Gasteiger partial charge >= 0.3 is 0 Å². The molecule has 1 saturated heterocycles. The third-order valence-corrected chi connectivity index (χ3v) is 4.79. The molecule has 2 N–H and O–H groups in total. The molecule has 2 atom stereocenters. The van der Waals surface area contributed by atoms with E-state index in [0.29, 0.717) is 23.7 Å². The minimum absolute atomic E-state index is 0.163. The lowest BCUT2D eigenvalue weighted by Crippen LogP contribution is -2.49. The van der Waals surface area contributed by atoms with E-state index < -0.39 is 12.1 Å². The Morgan fingerprint density at radius 3 is 2.71 bits per heavy atom. The molecule has 150 valence electrons. The average molecular weight is 388 g/mol. The van der Waals surface area contributed by atoms with E-state index in [1.165, 1.54) is 13.3 Å². The largest absolute Gasteiger partial charge is 0.505 e. The number of amides is 1. The highest BCUT2D eigenvalue weighted by Crippen LogP contribution is 2.36. The van der Waals surface area contributed by atoms with Crippen molar-refractivity contribution in [2.45, 2.75) is 19.1 Å². The highest BCUT2D eigenvalue weighted by Gasteiger charge is 2.37. The number of nitrogens with zero attached hydrogens (tertiary/aromatic N) is 2. The molecule has 3 rings (SSSR count). The number of hydrogen-bond acceptors (Lipinski definition) is 7. The Hall–Kier alpha value is -2.84. The summed E-state index contributed by atoms with van der Waals surface area (Å²) in [7, 11) is 3.07. The van der Waals surface area contributed by atoms with Crippen LogP contribution in [0.15, 0.2) is 30.5 Å². The van der Waals surface area contributed by atoms with Gasteiger partial charge in [0, 0.05) is 12.2 Å². The molecule has 0 unspecified atom stereocenters. The van der Waals surface area contributed by atoms with E-state index in [-0.39, 0.29) is 30.4 Å². The van der Waals surface area contributed by atoms with Gasteiger partial charge in [-0.1, -0.05) is 6.07 Å². The van der Waals surface area contributed by atoms with Crippen LogP contribution in [0.5, 0.6) is 17.2 Å². The predicted octanol–water partition coefficient (Wildman–Crippen LogP) is 1.69. The molecule has 1 aromatic heterocycles. The monoisotopic (exact) mass is 388 g/mol. The number of benzene rings is 1. The SMILES string of the molecule is COc1ccc([C@@H]2[C@@H](CO)OCCN2C(=O)c2cc(C)ncc2O)cc1OC. The van der Waals surface area contributed by atoms with Crippen LogP contribution in [0.25, 0.3) is 0 Å². The van der Waals surface area contributed by atoms with Crippen LogP contribution in [0, 0.1) is 6.92 Å². The maximum absolute atomic E-state index is 13.2. The van der Waals surface area contributed by atoms with Crippen molar-refractivity contribution in [3.63, 3.8) is 0 Å². The molecule has 8 heteroatoms. The first-order valence-corrected chi connectivity index (χ1v) is 8.91. The molecule has 1 aliphatic heterocycles. The summed E-state index contributed by atoms with van der Waals surface area (Å²) in [4.78, 5) is 18.8. The molecule has 2 heterocycles. The first-order valence-electron chi connectivity index (χ1n) is 8.91. The Bertz CT molecular complexity index is 857. The van der Waals surface area contributed by atoms with Crippen molar-refractivity contribution in [2.24, 2.45) is 0 Å². The molecular formula is C20H24N2O6. The van der Waals surface area contributed by atoms with E-state index >= 15 is 0 Å². The van der Waals surface area contributed by atoms with Crippen LogP contribution < -0.4 is 9.47 Å². The molecular weight excluding hydrogens is 364 g/mol. The van der Waals surface area contributed by atoms with Crippen LogP contribution in [-0.2, 0) is 4.74 Å². The van der Waals surface area contributed by atoms with Gasteiger partial charge in [0.25, 0.3) is 5.91 Å². The lowest BCUT2D eigenvalue weighted by Gasteiger charge is -2.41. The summed E-state index contributed by atoms with van der Waals surface area (Å²) in [6, 6.07) is 6.31. The van der Waals surface area contributed by atoms with Gasteiger partial charge in [-0.2, -0.15) is 0 Å². The van der Waals surface area contributed by atoms with E-state index in [0.717, 1.165) is 5.56 Å². The van der Waals surface area contributed by atoms with Gasteiger partial charge < -0.3 is 29.3 Å². The fourth-order valence-electron chi connectivity index (χ4n) is 3.42. The molecule has 1 aromatic carbocycles. The number of aliphatic hydroxyl groups is 1. The number of carbonyl (C=O) groups is 1. The van der Waals surface area contributed by atoms with Gasteiger partial charge in [-0.3, -0.25) is 9.78 Å². The smallest absolute Gasteiger partial charge is 0.258 e. The van der Waals surface area contributed by atoms with Crippen molar-refractivity contribution >= 4 is 5.91 Å². The van der Waals surface area contributed by atoms with Crippen molar-refractivity contribution in [1.29, 1.82) is 0 Å². The molecule has 1 aliphatic rings. The summed E-state index contributed by atoms with van der Waals surface area (Å²) in [6.45, 7) is 2.09. The highest BCUT2D eigenvalue weighted by atomic mass is 16.5. The number of aromatic nitrogens is 1. The van der Waals surface area contributed by atoms with E-state index in [2.05, 4.69) is 4.98 Å². The molecule has 0 spiro atoms. The molecule has 1 fully saturated rings. The number of pyridine rings is 1. The Balaban J connectivity index is 2.04. The van der Waals surface area contributed by atoms with Crippen molar-refractivity contribution in [3.05, 3.63) is 47.3 Å². The number of carbonyl (C=O) groups excluding carboxylic acids is 1. The number of hydrogen-bond donors (Lipinski definition) is 2. The summed E-state index contributed by atoms with van der Waals surface area (Å²) < 4.78 is 16.4. The van der Waals surface area contributed by atoms with Crippen LogP contribution in [0.1, 0.15) is 27.7 Å². The summed E-state index contributed by atoms with van der Waals surface area (Å²) in [5.74, 6) is 0.527. The molecule has 8 nitrogen and oxygen atoms in total. The van der Waals surface area contributed by atoms with Gasteiger partial charge in [-0.25, -0.2) is 0 Å². The normalized spacial score (nSPS) is 19.4. The summed E-state index contributed by atoms with van der Waals surface area (Å²) in [5, 5.41) is 20.0. The zero-order valence-electron chi connectivity index (χ0n) is 16.1. The minimum atomic E-state index is -0.610. The number of aryl methyl sites for hydroxylation is 1. The summed E-state index contributed by atoms with van der Waals surface area (Å²) in [5.41, 5.74) is 1.52. The fourth-order valence-corrected chi connectivity index (χ4v) is 3.42. The fraction of sp³-hybridized carbons (Fsp3) is 0.400. The second-order valence-electron chi connectivity index (χ2n) is 6.49. The number of ether oxygens (including phenoxy) is 3. The number of morpholine rings is 1. The van der Waals surface area contributed by atoms with Crippen molar-refractivity contribution in [1.82, 2.24) is 9.88 Å². The Kier molecular flexibility index (Phi) is 6.01. The first-order chi connectivity index (χ1) is 13.5. The summed E-state index contributed by atoms with van der Waals surface area (Å²) in [6.07, 6.45) is 0.652. The molecule has 1 amide bonds. The number of aromatic hydroxyl groups is 1. The molecule has 0 radical (unpaired) electrons. The lowest BCUT2D eigenvalue weighted by atomic mass is 9.96. The van der Waals surface area contributed by atoms with E-state index in [1.807, 2.05) is 0 Å². The average Bonchev–Trinajstić information content (AvgIpc) is 2.73. The van der Waals surface area contributed by atoms with E-state index in [4.69, 9.17) is 14.2 Å².